The lowest BCUT2D eigenvalue weighted by Crippen LogP contribution is -2.21. The van der Waals surface area contributed by atoms with Gasteiger partial charge in [0.2, 0.25) is 18.4 Å². The smallest absolute Gasteiger partial charge is 0.343 e. The number of benzene rings is 2. The zero-order valence-corrected chi connectivity index (χ0v) is 18.1. The second-order valence-electron chi connectivity index (χ2n) is 7.22. The predicted molar refractivity (Wildman–Crippen MR) is 117 cm³/mol. The minimum absolute atomic E-state index is 0.0208. The number of hydrogen-bond donors (Lipinski definition) is 2. The molecule has 0 radical (unpaired) electrons. The highest BCUT2D eigenvalue weighted by atomic mass is 35.5. The Kier molecular flexibility index (Phi) is 5.96. The van der Waals surface area contributed by atoms with Gasteiger partial charge in [-0.3, -0.25) is 4.79 Å². The Balaban J connectivity index is 1.76. The number of fused-ring (bicyclic) bond motifs is 1. The Morgan fingerprint density at radius 1 is 1.25 bits per heavy atom. The lowest BCUT2D eigenvalue weighted by atomic mass is 9.88. The second-order valence-corrected chi connectivity index (χ2v) is 7.65. The van der Waals surface area contributed by atoms with E-state index in [0.717, 1.165) is 0 Å². The van der Waals surface area contributed by atoms with E-state index in [1.807, 2.05) is 0 Å². The Morgan fingerprint density at radius 3 is 2.78 bits per heavy atom. The molecule has 0 fully saturated rings. The molecule has 0 unspecified atom stereocenters. The van der Waals surface area contributed by atoms with Crippen molar-refractivity contribution in [3.05, 3.63) is 74.8 Å². The molecular weight excluding hydrogens is 438 g/mol. The van der Waals surface area contributed by atoms with Crippen LogP contribution in [-0.4, -0.2) is 24.9 Å². The van der Waals surface area contributed by atoms with Crippen molar-refractivity contribution in [2.75, 3.05) is 19.2 Å². The van der Waals surface area contributed by atoms with E-state index in [1.165, 1.54) is 13.2 Å². The van der Waals surface area contributed by atoms with Gasteiger partial charge in [-0.15, -0.1) is 0 Å². The van der Waals surface area contributed by atoms with E-state index < -0.39 is 17.5 Å². The minimum atomic E-state index is -0.852. The molecule has 0 aliphatic carbocycles. The van der Waals surface area contributed by atoms with E-state index in [-0.39, 0.29) is 30.3 Å². The molecule has 9 heteroatoms. The molecule has 2 aromatic carbocycles. The first-order valence-electron chi connectivity index (χ1n) is 9.72. The highest BCUT2D eigenvalue weighted by molar-refractivity contribution is 6.30. The SMILES string of the molecule is COc1cc([C@@H](CC(=O)Nc2cccc(Cl)c2)c2c(O)cc(C)oc2=O)cc2c1OCO2. The van der Waals surface area contributed by atoms with Gasteiger partial charge in [-0.25, -0.2) is 4.79 Å². The highest BCUT2D eigenvalue weighted by Gasteiger charge is 2.29. The van der Waals surface area contributed by atoms with Gasteiger partial charge in [-0.1, -0.05) is 17.7 Å². The van der Waals surface area contributed by atoms with E-state index >= 15 is 0 Å². The van der Waals surface area contributed by atoms with Gasteiger partial charge in [0.25, 0.3) is 0 Å². The van der Waals surface area contributed by atoms with Crippen molar-refractivity contribution >= 4 is 23.2 Å². The number of anilines is 1. The molecule has 0 saturated carbocycles. The first kappa shape index (κ1) is 21.6. The van der Waals surface area contributed by atoms with Crippen molar-refractivity contribution < 1.29 is 28.5 Å². The standard InChI is InChI=1S/C23H20ClNO7/c1-12-6-17(26)21(23(28)32-12)16(10-20(27)25-15-5-3-4-14(24)9-15)13-7-18(29-2)22-19(8-13)30-11-31-22/h3-9,16,26H,10-11H2,1-2H3,(H,25,27)/t16-/m1/s1. The fraction of sp³-hybridized carbons (Fsp3) is 0.217. The van der Waals surface area contributed by atoms with Crippen LogP contribution in [0.4, 0.5) is 5.69 Å². The number of carbonyl (C=O) groups is 1. The molecule has 2 heterocycles. The molecule has 1 amide bonds. The fourth-order valence-electron chi connectivity index (χ4n) is 3.63. The molecule has 0 saturated heterocycles. The third-order valence-electron chi connectivity index (χ3n) is 5.02. The van der Waals surface area contributed by atoms with Crippen molar-refractivity contribution in [3.63, 3.8) is 0 Å². The molecule has 166 valence electrons. The van der Waals surface area contributed by atoms with Gasteiger partial charge < -0.3 is 29.1 Å². The molecule has 3 aromatic rings. The average Bonchev–Trinajstić information content (AvgIpc) is 3.20. The maximum Gasteiger partial charge on any atom is 0.343 e. The summed E-state index contributed by atoms with van der Waals surface area (Å²) in [4.78, 5) is 25.6. The summed E-state index contributed by atoms with van der Waals surface area (Å²) in [6.07, 6.45) is -0.170. The average molecular weight is 458 g/mol. The normalized spacial score (nSPS) is 13.0. The van der Waals surface area contributed by atoms with Crippen LogP contribution in [0.3, 0.4) is 0 Å². The van der Waals surface area contributed by atoms with Crippen LogP contribution in [0.15, 0.2) is 51.7 Å². The third kappa shape index (κ3) is 4.36. The first-order valence-corrected chi connectivity index (χ1v) is 10.1. The number of rotatable bonds is 6. The van der Waals surface area contributed by atoms with Crippen molar-refractivity contribution in [2.45, 2.75) is 19.3 Å². The van der Waals surface area contributed by atoms with Crippen molar-refractivity contribution in [2.24, 2.45) is 0 Å². The lowest BCUT2D eigenvalue weighted by Gasteiger charge is -2.19. The van der Waals surface area contributed by atoms with Gasteiger partial charge in [0.1, 0.15) is 11.5 Å². The molecule has 0 bridgehead atoms. The van der Waals surface area contributed by atoms with Crippen LogP contribution in [-0.2, 0) is 4.79 Å². The van der Waals surface area contributed by atoms with Crippen molar-refractivity contribution in [1.82, 2.24) is 0 Å². The lowest BCUT2D eigenvalue weighted by molar-refractivity contribution is -0.116. The second kappa shape index (κ2) is 8.84. The van der Waals surface area contributed by atoms with Crippen LogP contribution in [0, 0.1) is 6.92 Å². The number of amides is 1. The van der Waals surface area contributed by atoms with Crippen molar-refractivity contribution in [1.29, 1.82) is 0 Å². The largest absolute Gasteiger partial charge is 0.507 e. The number of aromatic hydroxyl groups is 1. The molecule has 0 spiro atoms. The topological polar surface area (TPSA) is 107 Å². The number of carbonyl (C=O) groups excluding carboxylic acids is 1. The summed E-state index contributed by atoms with van der Waals surface area (Å²) >= 11 is 5.99. The number of nitrogens with one attached hydrogen (secondary N) is 1. The predicted octanol–water partition coefficient (Wildman–Crippen LogP) is 4.21. The summed E-state index contributed by atoms with van der Waals surface area (Å²) in [6, 6.07) is 11.3. The molecular formula is C23H20ClNO7. The molecule has 1 aliphatic rings. The van der Waals surface area contributed by atoms with Gasteiger partial charge in [0.15, 0.2) is 11.5 Å². The Bertz CT molecular complexity index is 1240. The molecule has 1 aromatic heterocycles. The molecule has 1 atom stereocenters. The monoisotopic (exact) mass is 457 g/mol. The number of halogens is 1. The summed E-state index contributed by atoms with van der Waals surface area (Å²) in [7, 11) is 1.47. The summed E-state index contributed by atoms with van der Waals surface area (Å²) in [6.45, 7) is 1.57. The van der Waals surface area contributed by atoms with Gasteiger partial charge in [0.05, 0.1) is 12.7 Å². The minimum Gasteiger partial charge on any atom is -0.507 e. The maximum absolute atomic E-state index is 12.9. The van der Waals surface area contributed by atoms with Gasteiger partial charge >= 0.3 is 5.63 Å². The summed E-state index contributed by atoms with van der Waals surface area (Å²) in [5, 5.41) is 13.8. The zero-order valence-electron chi connectivity index (χ0n) is 17.3. The molecule has 8 nitrogen and oxygen atoms in total. The van der Waals surface area contributed by atoms with E-state index in [2.05, 4.69) is 5.32 Å². The Labute approximate surface area is 188 Å². The van der Waals surface area contributed by atoms with E-state index in [9.17, 15) is 14.7 Å². The highest BCUT2D eigenvalue weighted by Crippen LogP contribution is 2.45. The van der Waals surface area contributed by atoms with Crippen LogP contribution >= 0.6 is 11.6 Å². The van der Waals surface area contributed by atoms with Gasteiger partial charge in [-0.05, 0) is 42.8 Å². The number of hydrogen-bond acceptors (Lipinski definition) is 7. The van der Waals surface area contributed by atoms with Gasteiger partial charge in [-0.2, -0.15) is 0 Å². The summed E-state index contributed by atoms with van der Waals surface area (Å²) < 4.78 is 21.5. The third-order valence-corrected chi connectivity index (χ3v) is 5.25. The Morgan fingerprint density at radius 2 is 2.06 bits per heavy atom. The van der Waals surface area contributed by atoms with E-state index in [4.69, 9.17) is 30.2 Å². The number of ether oxygens (including phenoxy) is 3. The molecule has 4 rings (SSSR count). The molecule has 1 aliphatic heterocycles. The summed E-state index contributed by atoms with van der Waals surface area (Å²) in [5.41, 5.74) is 0.237. The quantitative estimate of drug-likeness (QED) is 0.571. The molecule has 2 N–H and O–H groups in total. The molecule has 32 heavy (non-hydrogen) atoms. The van der Waals surface area contributed by atoms with Crippen LogP contribution < -0.4 is 25.2 Å². The first-order chi connectivity index (χ1) is 15.4. The van der Waals surface area contributed by atoms with E-state index in [1.54, 1.807) is 43.3 Å². The maximum atomic E-state index is 12.9. The van der Waals surface area contributed by atoms with Crippen molar-refractivity contribution in [3.8, 4) is 23.0 Å². The zero-order chi connectivity index (χ0) is 22.8. The van der Waals surface area contributed by atoms with Crippen LogP contribution in [0.25, 0.3) is 0 Å². The summed E-state index contributed by atoms with van der Waals surface area (Å²) in [5.74, 6) is -0.0411. The fourth-order valence-corrected chi connectivity index (χ4v) is 3.82. The van der Waals surface area contributed by atoms with Gasteiger partial charge in [0, 0.05) is 29.1 Å². The van der Waals surface area contributed by atoms with E-state index in [0.29, 0.717) is 33.5 Å². The van der Waals surface area contributed by atoms with Crippen LogP contribution in [0.5, 0.6) is 23.0 Å². The number of methoxy groups -OCH3 is 1. The Hall–Kier alpha value is -3.65. The van der Waals surface area contributed by atoms with Crippen LogP contribution in [0.2, 0.25) is 5.02 Å². The number of aryl methyl sites for hydroxylation is 1. The van der Waals surface area contributed by atoms with Crippen LogP contribution in [0.1, 0.15) is 29.2 Å².